The van der Waals surface area contributed by atoms with E-state index in [0.717, 1.165) is 22.9 Å². The van der Waals surface area contributed by atoms with Gasteiger partial charge in [-0.05, 0) is 40.5 Å². The molecule has 0 aliphatic heterocycles. The highest BCUT2D eigenvalue weighted by molar-refractivity contribution is 7.92. The highest BCUT2D eigenvalue weighted by atomic mass is 32.2. The van der Waals surface area contributed by atoms with Crippen LogP contribution in [0.1, 0.15) is 22.3 Å². The predicted octanol–water partition coefficient (Wildman–Crippen LogP) is 4.56. The van der Waals surface area contributed by atoms with Crippen LogP contribution in [-0.4, -0.2) is 20.6 Å². The summed E-state index contributed by atoms with van der Waals surface area (Å²) in [7, 11) is -3.39. The highest BCUT2D eigenvalue weighted by Crippen LogP contribution is 2.21. The van der Waals surface area contributed by atoms with E-state index in [9.17, 15) is 13.2 Å². The number of sulfonamides is 1. The Kier molecular flexibility index (Phi) is 7.05. The molecule has 0 fully saturated rings. The minimum Gasteiger partial charge on any atom is -0.348 e. The van der Waals surface area contributed by atoms with Gasteiger partial charge in [-0.15, -0.1) is 0 Å². The summed E-state index contributed by atoms with van der Waals surface area (Å²) >= 11 is 0. The van der Waals surface area contributed by atoms with E-state index in [-0.39, 0.29) is 12.5 Å². The molecule has 0 heterocycles. The molecule has 0 radical (unpaired) electrons. The summed E-state index contributed by atoms with van der Waals surface area (Å²) in [6, 6.07) is 24.4. The van der Waals surface area contributed by atoms with Crippen molar-refractivity contribution < 1.29 is 13.2 Å². The van der Waals surface area contributed by atoms with Gasteiger partial charge < -0.3 is 5.32 Å². The predicted molar refractivity (Wildman–Crippen MR) is 128 cm³/mol. The van der Waals surface area contributed by atoms with E-state index in [1.54, 1.807) is 24.3 Å². The van der Waals surface area contributed by atoms with Gasteiger partial charge in [-0.25, -0.2) is 8.42 Å². The number of rotatable bonds is 8. The van der Waals surface area contributed by atoms with Crippen LogP contribution < -0.4 is 10.0 Å². The van der Waals surface area contributed by atoms with Gasteiger partial charge in [0.15, 0.2) is 0 Å². The minimum absolute atomic E-state index is 0.200. The first-order valence-corrected chi connectivity index (χ1v) is 11.6. The molecule has 0 bridgehead atoms. The van der Waals surface area contributed by atoms with Crippen LogP contribution >= 0.6 is 0 Å². The minimum atomic E-state index is -3.39. The SMILES string of the molecule is C=Cc1cc(CNC(=O)/C(=C\c2ccccc2)c2ccccc2)ccc1NS(C)(=O)=O. The topological polar surface area (TPSA) is 75.3 Å². The van der Waals surface area contributed by atoms with E-state index in [1.807, 2.05) is 66.7 Å². The molecule has 0 aromatic heterocycles. The molecule has 0 saturated heterocycles. The van der Waals surface area contributed by atoms with E-state index in [2.05, 4.69) is 16.6 Å². The lowest BCUT2D eigenvalue weighted by atomic mass is 10.0. The molecule has 3 aromatic carbocycles. The van der Waals surface area contributed by atoms with Crippen LogP contribution in [0.3, 0.4) is 0 Å². The van der Waals surface area contributed by atoms with Gasteiger partial charge in [0.2, 0.25) is 10.0 Å². The number of benzene rings is 3. The molecule has 0 saturated carbocycles. The molecule has 0 aliphatic carbocycles. The molecule has 5 nitrogen and oxygen atoms in total. The molecule has 3 rings (SSSR count). The van der Waals surface area contributed by atoms with Crippen molar-refractivity contribution in [3.8, 4) is 0 Å². The first-order valence-electron chi connectivity index (χ1n) is 9.69. The van der Waals surface area contributed by atoms with Gasteiger partial charge in [-0.2, -0.15) is 0 Å². The number of amides is 1. The largest absolute Gasteiger partial charge is 0.348 e. The van der Waals surface area contributed by atoms with E-state index >= 15 is 0 Å². The summed E-state index contributed by atoms with van der Waals surface area (Å²) < 4.78 is 25.5. The summed E-state index contributed by atoms with van der Waals surface area (Å²) in [5.74, 6) is -0.200. The Labute approximate surface area is 183 Å². The van der Waals surface area contributed by atoms with Crippen molar-refractivity contribution in [3.63, 3.8) is 0 Å². The normalized spacial score (nSPS) is 11.6. The molecule has 158 valence electrons. The summed E-state index contributed by atoms with van der Waals surface area (Å²) in [4.78, 5) is 13.0. The van der Waals surface area contributed by atoms with Gasteiger partial charge >= 0.3 is 0 Å². The lowest BCUT2D eigenvalue weighted by Crippen LogP contribution is -2.24. The quantitative estimate of drug-likeness (QED) is 0.405. The zero-order chi connectivity index (χ0) is 22.3. The van der Waals surface area contributed by atoms with Gasteiger partial charge in [0, 0.05) is 12.1 Å². The third-order valence-corrected chi connectivity index (χ3v) is 5.12. The van der Waals surface area contributed by atoms with Crippen molar-refractivity contribution in [2.45, 2.75) is 6.54 Å². The van der Waals surface area contributed by atoms with Gasteiger partial charge in [0.05, 0.1) is 11.9 Å². The van der Waals surface area contributed by atoms with Gasteiger partial charge in [0.1, 0.15) is 0 Å². The van der Waals surface area contributed by atoms with Crippen LogP contribution in [0, 0.1) is 0 Å². The average molecular weight is 433 g/mol. The molecule has 0 spiro atoms. The fraction of sp³-hybridized carbons (Fsp3) is 0.0800. The fourth-order valence-electron chi connectivity index (χ4n) is 3.07. The van der Waals surface area contributed by atoms with Crippen molar-refractivity contribution in [2.24, 2.45) is 0 Å². The van der Waals surface area contributed by atoms with Crippen molar-refractivity contribution in [3.05, 3.63) is 108 Å². The molecule has 2 N–H and O–H groups in total. The third-order valence-electron chi connectivity index (χ3n) is 4.52. The Hall–Kier alpha value is -3.64. The van der Waals surface area contributed by atoms with Gasteiger partial charge in [-0.3, -0.25) is 9.52 Å². The number of hydrogen-bond acceptors (Lipinski definition) is 3. The summed E-state index contributed by atoms with van der Waals surface area (Å²) in [6.45, 7) is 4.03. The second kappa shape index (κ2) is 9.91. The number of carbonyl (C=O) groups is 1. The lowest BCUT2D eigenvalue weighted by molar-refractivity contribution is -0.115. The molecule has 0 atom stereocenters. The third kappa shape index (κ3) is 6.42. The first kappa shape index (κ1) is 22.1. The van der Waals surface area contributed by atoms with Crippen molar-refractivity contribution >= 4 is 39.3 Å². The van der Waals surface area contributed by atoms with E-state index < -0.39 is 10.0 Å². The zero-order valence-corrected chi connectivity index (χ0v) is 18.0. The first-order chi connectivity index (χ1) is 14.9. The Morgan fingerprint density at radius 2 is 1.61 bits per heavy atom. The maximum atomic E-state index is 13.0. The summed E-state index contributed by atoms with van der Waals surface area (Å²) in [5, 5.41) is 2.96. The Bertz CT molecular complexity index is 1200. The molecular formula is C25H24N2O3S. The van der Waals surface area contributed by atoms with Crippen molar-refractivity contribution in [1.29, 1.82) is 0 Å². The van der Waals surface area contributed by atoms with Crippen LogP contribution in [0.5, 0.6) is 0 Å². The highest BCUT2D eigenvalue weighted by Gasteiger charge is 2.13. The van der Waals surface area contributed by atoms with Crippen LogP contribution in [0.15, 0.2) is 85.4 Å². The van der Waals surface area contributed by atoms with Crippen LogP contribution in [-0.2, 0) is 21.4 Å². The fourth-order valence-corrected chi connectivity index (χ4v) is 3.66. The summed E-state index contributed by atoms with van der Waals surface area (Å²) in [5.41, 5.74) is 4.23. The molecular weight excluding hydrogens is 408 g/mol. The second-order valence-corrected chi connectivity index (χ2v) is 8.77. The zero-order valence-electron chi connectivity index (χ0n) is 17.2. The standard InChI is InChI=1S/C25H24N2O3S/c1-3-21-16-20(14-15-24(21)27-31(2,29)30)18-26-25(28)23(22-12-8-5-9-13-22)17-19-10-6-4-7-11-19/h3-17,27H,1,18H2,2H3,(H,26,28)/b23-17-. The van der Waals surface area contributed by atoms with E-state index in [0.29, 0.717) is 16.8 Å². The maximum absolute atomic E-state index is 13.0. The number of hydrogen-bond donors (Lipinski definition) is 2. The molecule has 0 aliphatic rings. The number of anilines is 1. The monoisotopic (exact) mass is 432 g/mol. The smallest absolute Gasteiger partial charge is 0.252 e. The lowest BCUT2D eigenvalue weighted by Gasteiger charge is -2.12. The molecule has 6 heteroatoms. The van der Waals surface area contributed by atoms with Gasteiger partial charge in [-0.1, -0.05) is 79.4 Å². The Balaban J connectivity index is 1.81. The van der Waals surface area contributed by atoms with Crippen molar-refractivity contribution in [2.75, 3.05) is 11.0 Å². The van der Waals surface area contributed by atoms with E-state index in [1.165, 1.54) is 0 Å². The number of carbonyl (C=O) groups excluding carboxylic acids is 1. The van der Waals surface area contributed by atoms with Crippen LogP contribution in [0.2, 0.25) is 0 Å². The Morgan fingerprint density at radius 1 is 0.968 bits per heavy atom. The van der Waals surface area contributed by atoms with Crippen LogP contribution in [0.25, 0.3) is 17.7 Å². The molecule has 31 heavy (non-hydrogen) atoms. The van der Waals surface area contributed by atoms with Crippen LogP contribution in [0.4, 0.5) is 5.69 Å². The summed E-state index contributed by atoms with van der Waals surface area (Å²) in [6.07, 6.45) is 4.53. The van der Waals surface area contributed by atoms with E-state index in [4.69, 9.17) is 0 Å². The molecule has 0 unspecified atom stereocenters. The molecule has 3 aromatic rings. The van der Waals surface area contributed by atoms with Crippen molar-refractivity contribution in [1.82, 2.24) is 5.32 Å². The van der Waals surface area contributed by atoms with Gasteiger partial charge in [0.25, 0.3) is 5.91 Å². The maximum Gasteiger partial charge on any atom is 0.252 e. The second-order valence-electron chi connectivity index (χ2n) is 7.02. The Morgan fingerprint density at radius 3 is 2.23 bits per heavy atom. The number of nitrogens with one attached hydrogen (secondary N) is 2. The average Bonchev–Trinajstić information content (AvgIpc) is 2.77. The molecule has 1 amide bonds.